The van der Waals surface area contributed by atoms with Crippen LogP contribution >= 0.6 is 15.9 Å². The van der Waals surface area contributed by atoms with Gasteiger partial charge in [-0.3, -0.25) is 9.59 Å². The third kappa shape index (κ3) is 3.42. The van der Waals surface area contributed by atoms with Crippen LogP contribution in [0.1, 0.15) is 12.0 Å². The summed E-state index contributed by atoms with van der Waals surface area (Å²) in [5, 5.41) is 2.79. The van der Waals surface area contributed by atoms with Gasteiger partial charge in [0.1, 0.15) is 5.82 Å². The van der Waals surface area contributed by atoms with Gasteiger partial charge in [-0.05, 0) is 52.7 Å². The maximum Gasteiger partial charge on any atom is 0.230 e. The van der Waals surface area contributed by atoms with Crippen LogP contribution in [0.15, 0.2) is 47.1 Å². The summed E-state index contributed by atoms with van der Waals surface area (Å²) in [6.45, 7) is 2.31. The molecule has 1 aliphatic rings. The van der Waals surface area contributed by atoms with Crippen LogP contribution in [0.3, 0.4) is 0 Å². The Morgan fingerprint density at radius 3 is 2.87 bits per heavy atom. The van der Waals surface area contributed by atoms with Gasteiger partial charge in [-0.1, -0.05) is 12.1 Å². The van der Waals surface area contributed by atoms with Crippen molar-refractivity contribution in [2.45, 2.75) is 13.3 Å². The van der Waals surface area contributed by atoms with E-state index in [0.717, 1.165) is 15.7 Å². The molecule has 1 aromatic heterocycles. The van der Waals surface area contributed by atoms with Crippen LogP contribution in [0, 0.1) is 12.8 Å². The molecule has 1 N–H and O–H groups in total. The molecule has 1 fully saturated rings. The van der Waals surface area contributed by atoms with Crippen LogP contribution in [0.5, 0.6) is 0 Å². The molecule has 23 heavy (non-hydrogen) atoms. The standard InChI is InChI=1S/C17H16BrN3O2/c1-11-6-7-19-15(8-11)20-17(23)12-9-16(22)21(10-12)14-5-3-2-4-13(14)18/h2-8,12H,9-10H2,1H3,(H,19,20,23). The van der Waals surface area contributed by atoms with Crippen molar-refractivity contribution in [3.05, 3.63) is 52.6 Å². The smallest absolute Gasteiger partial charge is 0.230 e. The summed E-state index contributed by atoms with van der Waals surface area (Å²) in [5.74, 6) is -0.0843. The first-order valence-corrected chi connectivity index (χ1v) is 8.12. The molecule has 0 spiro atoms. The number of benzene rings is 1. The maximum absolute atomic E-state index is 12.4. The highest BCUT2D eigenvalue weighted by molar-refractivity contribution is 9.10. The third-order valence-corrected chi connectivity index (χ3v) is 4.48. The Kier molecular flexibility index (Phi) is 4.43. The second-order valence-corrected chi connectivity index (χ2v) is 6.42. The van der Waals surface area contributed by atoms with Crippen molar-refractivity contribution in [1.82, 2.24) is 4.98 Å². The zero-order valence-corrected chi connectivity index (χ0v) is 14.2. The molecule has 1 unspecified atom stereocenters. The summed E-state index contributed by atoms with van der Waals surface area (Å²) in [5.41, 5.74) is 1.81. The van der Waals surface area contributed by atoms with Gasteiger partial charge >= 0.3 is 0 Å². The predicted molar refractivity (Wildman–Crippen MR) is 92.2 cm³/mol. The zero-order valence-electron chi connectivity index (χ0n) is 12.6. The van der Waals surface area contributed by atoms with Gasteiger partial charge in [0, 0.05) is 23.6 Å². The molecule has 118 valence electrons. The van der Waals surface area contributed by atoms with E-state index in [0.29, 0.717) is 12.4 Å². The Morgan fingerprint density at radius 2 is 2.13 bits per heavy atom. The summed E-state index contributed by atoms with van der Waals surface area (Å²) < 4.78 is 0.842. The van der Waals surface area contributed by atoms with E-state index < -0.39 is 0 Å². The quantitative estimate of drug-likeness (QED) is 0.898. The van der Waals surface area contributed by atoms with E-state index >= 15 is 0 Å². The van der Waals surface area contributed by atoms with Crippen LogP contribution in [-0.2, 0) is 9.59 Å². The van der Waals surface area contributed by atoms with Crippen molar-refractivity contribution < 1.29 is 9.59 Å². The number of halogens is 1. The fraction of sp³-hybridized carbons (Fsp3) is 0.235. The minimum Gasteiger partial charge on any atom is -0.310 e. The summed E-state index contributed by atoms with van der Waals surface area (Å²) in [6, 6.07) is 11.2. The topological polar surface area (TPSA) is 62.3 Å². The van der Waals surface area contributed by atoms with Crippen LogP contribution in [-0.4, -0.2) is 23.3 Å². The van der Waals surface area contributed by atoms with Crippen molar-refractivity contribution in [3.63, 3.8) is 0 Å². The van der Waals surface area contributed by atoms with Crippen molar-refractivity contribution in [1.29, 1.82) is 0 Å². The maximum atomic E-state index is 12.4. The number of hydrogen-bond acceptors (Lipinski definition) is 3. The number of para-hydroxylation sites is 1. The van der Waals surface area contributed by atoms with Crippen LogP contribution in [0.4, 0.5) is 11.5 Å². The Morgan fingerprint density at radius 1 is 1.35 bits per heavy atom. The van der Waals surface area contributed by atoms with Gasteiger partial charge in [-0.25, -0.2) is 4.98 Å². The minimum atomic E-state index is -0.378. The lowest BCUT2D eigenvalue weighted by Gasteiger charge is -2.18. The summed E-state index contributed by atoms with van der Waals surface area (Å²) >= 11 is 3.45. The Hall–Kier alpha value is -2.21. The van der Waals surface area contributed by atoms with Gasteiger partial charge in [0.05, 0.1) is 11.6 Å². The molecule has 1 aromatic carbocycles. The first-order valence-electron chi connectivity index (χ1n) is 7.33. The summed E-state index contributed by atoms with van der Waals surface area (Å²) in [6.07, 6.45) is 1.86. The number of amides is 2. The lowest BCUT2D eigenvalue weighted by atomic mass is 10.1. The molecule has 0 radical (unpaired) electrons. The molecule has 1 saturated heterocycles. The molecule has 1 atom stereocenters. The van der Waals surface area contributed by atoms with Crippen LogP contribution < -0.4 is 10.2 Å². The lowest BCUT2D eigenvalue weighted by molar-refractivity contribution is -0.122. The minimum absolute atomic E-state index is 0.0470. The van der Waals surface area contributed by atoms with Gasteiger partial charge in [-0.15, -0.1) is 0 Å². The number of pyridine rings is 1. The Bertz CT molecular complexity index is 763. The first kappa shape index (κ1) is 15.7. The number of hydrogen-bond donors (Lipinski definition) is 1. The van der Waals surface area contributed by atoms with Crippen molar-refractivity contribution in [3.8, 4) is 0 Å². The van der Waals surface area contributed by atoms with Gasteiger partial charge in [0.25, 0.3) is 0 Å². The van der Waals surface area contributed by atoms with E-state index in [1.165, 1.54) is 0 Å². The molecule has 2 aromatic rings. The molecule has 0 saturated carbocycles. The molecular weight excluding hydrogens is 358 g/mol. The highest BCUT2D eigenvalue weighted by atomic mass is 79.9. The van der Waals surface area contributed by atoms with Crippen molar-refractivity contribution >= 4 is 39.2 Å². The number of nitrogens with zero attached hydrogens (tertiary/aromatic N) is 2. The number of anilines is 2. The molecule has 0 aliphatic carbocycles. The average Bonchev–Trinajstić information content (AvgIpc) is 2.90. The Balaban J connectivity index is 1.72. The fourth-order valence-electron chi connectivity index (χ4n) is 2.62. The summed E-state index contributed by atoms with van der Waals surface area (Å²) in [4.78, 5) is 30.4. The normalized spacial score (nSPS) is 17.4. The van der Waals surface area contributed by atoms with E-state index in [1.807, 2.05) is 37.3 Å². The van der Waals surface area contributed by atoms with E-state index in [9.17, 15) is 9.59 Å². The van der Waals surface area contributed by atoms with E-state index in [-0.39, 0.29) is 24.2 Å². The number of carbonyl (C=O) groups excluding carboxylic acids is 2. The van der Waals surface area contributed by atoms with Crippen molar-refractivity contribution in [2.24, 2.45) is 5.92 Å². The lowest BCUT2D eigenvalue weighted by Crippen LogP contribution is -2.28. The molecular formula is C17H16BrN3O2. The number of rotatable bonds is 3. The second-order valence-electron chi connectivity index (χ2n) is 5.56. The van der Waals surface area contributed by atoms with Gasteiger partial charge in [0.2, 0.25) is 11.8 Å². The molecule has 1 aliphatic heterocycles. The SMILES string of the molecule is Cc1ccnc(NC(=O)C2CC(=O)N(c3ccccc3Br)C2)c1. The number of carbonyl (C=O) groups is 2. The predicted octanol–water partition coefficient (Wildman–Crippen LogP) is 3.14. The van der Waals surface area contributed by atoms with Gasteiger partial charge in [0.15, 0.2) is 0 Å². The van der Waals surface area contributed by atoms with Gasteiger partial charge in [-0.2, -0.15) is 0 Å². The zero-order chi connectivity index (χ0) is 16.4. The molecule has 0 bridgehead atoms. The number of aryl methyl sites for hydroxylation is 1. The summed E-state index contributed by atoms with van der Waals surface area (Å²) in [7, 11) is 0. The molecule has 3 rings (SSSR count). The van der Waals surface area contributed by atoms with Gasteiger partial charge < -0.3 is 10.2 Å². The highest BCUT2D eigenvalue weighted by Crippen LogP contribution is 2.31. The number of nitrogens with one attached hydrogen (secondary N) is 1. The van der Waals surface area contributed by atoms with Crippen LogP contribution in [0.2, 0.25) is 0 Å². The Labute approximate surface area is 142 Å². The largest absolute Gasteiger partial charge is 0.310 e. The monoisotopic (exact) mass is 373 g/mol. The molecule has 5 nitrogen and oxygen atoms in total. The third-order valence-electron chi connectivity index (χ3n) is 3.81. The number of aromatic nitrogens is 1. The van der Waals surface area contributed by atoms with Crippen LogP contribution in [0.25, 0.3) is 0 Å². The molecule has 2 amide bonds. The van der Waals surface area contributed by atoms with E-state index in [1.54, 1.807) is 17.2 Å². The molecule has 2 heterocycles. The molecule has 6 heteroatoms. The van der Waals surface area contributed by atoms with E-state index in [2.05, 4.69) is 26.2 Å². The van der Waals surface area contributed by atoms with Crippen molar-refractivity contribution in [2.75, 3.05) is 16.8 Å². The highest BCUT2D eigenvalue weighted by Gasteiger charge is 2.35. The first-order chi connectivity index (χ1) is 11.0. The average molecular weight is 374 g/mol. The van der Waals surface area contributed by atoms with E-state index in [4.69, 9.17) is 0 Å². The second kappa shape index (κ2) is 6.50. The fourth-order valence-corrected chi connectivity index (χ4v) is 3.12.